The average Bonchev–Trinajstić information content (AvgIpc) is 3.16. The van der Waals surface area contributed by atoms with Crippen LogP contribution in [0.1, 0.15) is 42.0 Å². The lowest BCUT2D eigenvalue weighted by atomic mass is 9.90. The lowest BCUT2D eigenvalue weighted by molar-refractivity contribution is -0.116. The van der Waals surface area contributed by atoms with Crippen molar-refractivity contribution in [3.05, 3.63) is 22.6 Å². The highest BCUT2D eigenvalue weighted by atomic mass is 32.1. The molecule has 2 aliphatic rings. The van der Waals surface area contributed by atoms with Crippen LogP contribution in [0, 0.1) is 0 Å². The summed E-state index contributed by atoms with van der Waals surface area (Å²) in [5.74, 6) is 2.24. The highest BCUT2D eigenvalue weighted by Gasteiger charge is 2.34. The Morgan fingerprint density at radius 3 is 2.50 bits per heavy atom. The lowest BCUT2D eigenvalue weighted by Crippen LogP contribution is -2.29. The Bertz CT molecular complexity index is 877. The van der Waals surface area contributed by atoms with E-state index < -0.39 is 0 Å². The maximum Gasteiger partial charge on any atom is 0.226 e. The van der Waals surface area contributed by atoms with Crippen molar-refractivity contribution in [1.82, 2.24) is 4.98 Å². The molecule has 1 amide bonds. The number of nitrogens with zero attached hydrogens (tertiary/aromatic N) is 2. The van der Waals surface area contributed by atoms with Gasteiger partial charge >= 0.3 is 0 Å². The number of methoxy groups -OCH3 is 3. The topological polar surface area (TPSA) is 72.9 Å². The molecule has 28 heavy (non-hydrogen) atoms. The number of carbonyl (C=O) groups excluding carboxylic acids is 1. The van der Waals surface area contributed by atoms with Crippen molar-refractivity contribution in [3.63, 3.8) is 0 Å². The number of carbonyl (C=O) groups is 1. The molecular formula is C20H25N3O4S. The SMILES string of the molecule is COc1ccc(C2CC(=O)Nc3nc(N4CCCCC4)sc32)c(OC)c1OC. The second kappa shape index (κ2) is 7.87. The smallest absolute Gasteiger partial charge is 0.226 e. The van der Waals surface area contributed by atoms with Gasteiger partial charge < -0.3 is 24.4 Å². The Labute approximate surface area is 168 Å². The van der Waals surface area contributed by atoms with Crippen LogP contribution in [0.3, 0.4) is 0 Å². The molecule has 1 N–H and O–H groups in total. The van der Waals surface area contributed by atoms with Gasteiger partial charge in [-0.3, -0.25) is 4.79 Å². The number of ether oxygens (including phenoxy) is 3. The first-order valence-corrected chi connectivity index (χ1v) is 10.3. The van der Waals surface area contributed by atoms with Crippen LogP contribution in [0.25, 0.3) is 0 Å². The molecule has 0 radical (unpaired) electrons. The summed E-state index contributed by atoms with van der Waals surface area (Å²) < 4.78 is 16.6. The second-order valence-electron chi connectivity index (χ2n) is 6.99. The van der Waals surface area contributed by atoms with Crippen molar-refractivity contribution in [1.29, 1.82) is 0 Å². The van der Waals surface area contributed by atoms with Crippen LogP contribution in [0.5, 0.6) is 17.2 Å². The maximum atomic E-state index is 12.4. The molecule has 0 saturated carbocycles. The Morgan fingerprint density at radius 2 is 1.82 bits per heavy atom. The number of thiazole rings is 1. The van der Waals surface area contributed by atoms with Crippen molar-refractivity contribution < 1.29 is 19.0 Å². The minimum Gasteiger partial charge on any atom is -0.493 e. The summed E-state index contributed by atoms with van der Waals surface area (Å²) in [5, 5.41) is 3.93. The fourth-order valence-corrected chi connectivity index (χ4v) is 5.17. The zero-order valence-corrected chi connectivity index (χ0v) is 17.2. The van der Waals surface area contributed by atoms with Gasteiger partial charge in [-0.15, -0.1) is 0 Å². The number of rotatable bonds is 5. The summed E-state index contributed by atoms with van der Waals surface area (Å²) in [7, 11) is 4.79. The number of hydrogen-bond donors (Lipinski definition) is 1. The zero-order valence-electron chi connectivity index (χ0n) is 16.4. The van der Waals surface area contributed by atoms with Gasteiger partial charge in [-0.25, -0.2) is 4.98 Å². The van der Waals surface area contributed by atoms with Crippen molar-refractivity contribution in [2.45, 2.75) is 31.6 Å². The van der Waals surface area contributed by atoms with Crippen molar-refractivity contribution in [2.24, 2.45) is 0 Å². The molecule has 0 spiro atoms. The molecule has 1 aromatic carbocycles. The third-order valence-electron chi connectivity index (χ3n) is 5.34. The van der Waals surface area contributed by atoms with Crippen LogP contribution >= 0.6 is 11.3 Å². The summed E-state index contributed by atoms with van der Waals surface area (Å²) in [6.07, 6.45) is 3.98. The molecule has 1 unspecified atom stereocenters. The molecule has 1 aromatic heterocycles. The number of amides is 1. The molecule has 1 atom stereocenters. The van der Waals surface area contributed by atoms with Gasteiger partial charge in [0.1, 0.15) is 5.82 Å². The standard InChI is InChI=1S/C20H25N3O4S/c1-25-14-8-7-12(16(26-2)17(14)27-3)13-11-15(24)21-19-18(13)28-20(22-19)23-9-5-4-6-10-23/h7-8,13H,4-6,9-11H2,1-3H3,(H,21,24). The van der Waals surface area contributed by atoms with E-state index in [1.807, 2.05) is 12.1 Å². The Kier molecular flexibility index (Phi) is 5.30. The highest BCUT2D eigenvalue weighted by molar-refractivity contribution is 7.16. The zero-order chi connectivity index (χ0) is 19.7. The molecule has 0 aliphatic carbocycles. The monoisotopic (exact) mass is 403 g/mol. The van der Waals surface area contributed by atoms with Gasteiger partial charge in [-0.2, -0.15) is 0 Å². The fourth-order valence-electron chi connectivity index (χ4n) is 3.98. The molecule has 1 saturated heterocycles. The van der Waals surface area contributed by atoms with Gasteiger partial charge in [0, 0.05) is 31.0 Å². The number of benzene rings is 1. The highest BCUT2D eigenvalue weighted by Crippen LogP contribution is 2.49. The van der Waals surface area contributed by atoms with E-state index in [4.69, 9.17) is 19.2 Å². The third-order valence-corrected chi connectivity index (χ3v) is 6.57. The van der Waals surface area contributed by atoms with Crippen LogP contribution in [0.15, 0.2) is 12.1 Å². The van der Waals surface area contributed by atoms with Crippen LogP contribution in [-0.2, 0) is 4.79 Å². The first-order valence-electron chi connectivity index (χ1n) is 9.50. The Balaban J connectivity index is 1.77. The van der Waals surface area contributed by atoms with Crippen LogP contribution in [-0.4, -0.2) is 45.3 Å². The van der Waals surface area contributed by atoms with E-state index in [-0.39, 0.29) is 11.8 Å². The van der Waals surface area contributed by atoms with Crippen molar-refractivity contribution >= 4 is 28.2 Å². The molecule has 2 aliphatic heterocycles. The number of anilines is 2. The molecular weight excluding hydrogens is 378 g/mol. The Morgan fingerprint density at radius 1 is 1.07 bits per heavy atom. The van der Waals surface area contributed by atoms with Gasteiger partial charge in [0.05, 0.1) is 26.2 Å². The molecule has 3 heterocycles. The first-order chi connectivity index (χ1) is 13.7. The quantitative estimate of drug-likeness (QED) is 0.822. The number of piperidine rings is 1. The summed E-state index contributed by atoms with van der Waals surface area (Å²) in [6, 6.07) is 3.81. The number of aromatic nitrogens is 1. The van der Waals surface area contributed by atoms with Gasteiger partial charge in [0.2, 0.25) is 11.7 Å². The van der Waals surface area contributed by atoms with E-state index in [1.54, 1.807) is 32.7 Å². The number of hydrogen-bond acceptors (Lipinski definition) is 7. The van der Waals surface area contributed by atoms with Gasteiger partial charge in [-0.05, 0) is 25.3 Å². The largest absolute Gasteiger partial charge is 0.493 e. The van der Waals surface area contributed by atoms with Gasteiger partial charge in [0.25, 0.3) is 0 Å². The van der Waals surface area contributed by atoms with E-state index in [0.717, 1.165) is 28.7 Å². The van der Waals surface area contributed by atoms with Crippen LogP contribution in [0.2, 0.25) is 0 Å². The molecule has 150 valence electrons. The number of nitrogens with one attached hydrogen (secondary N) is 1. The molecule has 4 rings (SSSR count). The fraction of sp³-hybridized carbons (Fsp3) is 0.500. The summed E-state index contributed by atoms with van der Waals surface area (Å²) in [5.41, 5.74) is 0.907. The predicted octanol–water partition coefficient (Wildman–Crippen LogP) is 3.63. The third kappa shape index (κ3) is 3.26. The van der Waals surface area contributed by atoms with Gasteiger partial charge in [0.15, 0.2) is 16.6 Å². The summed E-state index contributed by atoms with van der Waals surface area (Å²) in [6.45, 7) is 2.04. The first kappa shape index (κ1) is 18.9. The van der Waals surface area contributed by atoms with Crippen LogP contribution in [0.4, 0.5) is 10.9 Å². The Hall–Kier alpha value is -2.48. The molecule has 2 aromatic rings. The number of fused-ring (bicyclic) bond motifs is 1. The van der Waals surface area contributed by atoms with E-state index >= 15 is 0 Å². The summed E-state index contributed by atoms with van der Waals surface area (Å²) >= 11 is 1.66. The van der Waals surface area contributed by atoms with E-state index in [1.165, 1.54) is 19.3 Å². The predicted molar refractivity (Wildman–Crippen MR) is 109 cm³/mol. The molecule has 8 heteroatoms. The van der Waals surface area contributed by atoms with Gasteiger partial charge in [-0.1, -0.05) is 17.4 Å². The molecule has 7 nitrogen and oxygen atoms in total. The van der Waals surface area contributed by atoms with Crippen molar-refractivity contribution in [2.75, 3.05) is 44.6 Å². The van der Waals surface area contributed by atoms with E-state index in [0.29, 0.717) is 29.5 Å². The molecule has 0 bridgehead atoms. The van der Waals surface area contributed by atoms with Crippen LogP contribution < -0.4 is 24.4 Å². The van der Waals surface area contributed by atoms with E-state index in [2.05, 4.69) is 10.2 Å². The minimum absolute atomic E-state index is 0.0372. The second-order valence-corrected chi connectivity index (χ2v) is 7.99. The normalized spacial score (nSPS) is 19.0. The minimum atomic E-state index is -0.130. The maximum absolute atomic E-state index is 12.4. The lowest BCUT2D eigenvalue weighted by Gasteiger charge is -2.26. The van der Waals surface area contributed by atoms with E-state index in [9.17, 15) is 4.79 Å². The van der Waals surface area contributed by atoms with Crippen molar-refractivity contribution in [3.8, 4) is 17.2 Å². The molecule has 1 fully saturated rings. The summed E-state index contributed by atoms with van der Waals surface area (Å²) in [4.78, 5) is 20.5. The average molecular weight is 404 g/mol.